The van der Waals surface area contributed by atoms with Crippen molar-refractivity contribution < 1.29 is 14.2 Å². The number of halogens is 1. The molecule has 0 amide bonds. The van der Waals surface area contributed by atoms with Crippen LogP contribution in [-0.4, -0.2) is 81.0 Å². The second kappa shape index (κ2) is 13.4. The minimum atomic E-state index is 0.353. The van der Waals surface area contributed by atoms with Crippen LogP contribution < -0.4 is 20.1 Å². The molecule has 0 aliphatic carbocycles. The lowest BCUT2D eigenvalue weighted by molar-refractivity contribution is 0.198. The summed E-state index contributed by atoms with van der Waals surface area (Å²) in [4.78, 5) is 16.1. The van der Waals surface area contributed by atoms with Gasteiger partial charge < -0.3 is 29.7 Å². The van der Waals surface area contributed by atoms with Crippen LogP contribution in [0.4, 0.5) is 11.8 Å². The van der Waals surface area contributed by atoms with Crippen LogP contribution in [-0.2, 0) is 4.74 Å². The first-order chi connectivity index (χ1) is 17.4. The lowest BCUT2D eigenvalue weighted by atomic mass is 10.1. The number of benzene rings is 1. The van der Waals surface area contributed by atoms with Crippen molar-refractivity contribution in [3.63, 3.8) is 0 Å². The number of anilines is 2. The molecule has 10 heteroatoms. The number of fused-ring (bicyclic) bond motifs is 1. The normalized spacial score (nSPS) is 13.8. The van der Waals surface area contributed by atoms with E-state index in [0.717, 1.165) is 37.1 Å². The Bertz CT molecular complexity index is 1130. The molecule has 1 aromatic carbocycles. The van der Waals surface area contributed by atoms with Gasteiger partial charge in [-0.25, -0.2) is 15.0 Å². The van der Waals surface area contributed by atoms with Crippen LogP contribution in [0.5, 0.6) is 11.5 Å². The number of pyridine rings is 1. The van der Waals surface area contributed by atoms with E-state index in [1.54, 1.807) is 33.5 Å². The summed E-state index contributed by atoms with van der Waals surface area (Å²) in [5, 5.41) is 7.78. The lowest BCUT2D eigenvalue weighted by Crippen LogP contribution is -2.34. The average molecular weight is 517 g/mol. The van der Waals surface area contributed by atoms with Gasteiger partial charge in [-0.2, -0.15) is 0 Å². The van der Waals surface area contributed by atoms with Crippen LogP contribution in [0.1, 0.15) is 26.2 Å². The summed E-state index contributed by atoms with van der Waals surface area (Å²) in [6.07, 6.45) is 5.34. The summed E-state index contributed by atoms with van der Waals surface area (Å²) in [6, 6.07) is 5.87. The van der Waals surface area contributed by atoms with Crippen LogP contribution >= 0.6 is 11.6 Å². The predicted octanol–water partition coefficient (Wildman–Crippen LogP) is 4.95. The van der Waals surface area contributed by atoms with E-state index >= 15 is 0 Å². The minimum Gasteiger partial charge on any atom is -0.497 e. The first kappa shape index (κ1) is 27.7. The van der Waals surface area contributed by atoms with E-state index in [1.807, 2.05) is 12.1 Å². The van der Waals surface area contributed by atoms with Crippen LogP contribution in [0.3, 0.4) is 0 Å². The van der Waals surface area contributed by atoms with E-state index in [-0.39, 0.29) is 0 Å². The van der Waals surface area contributed by atoms with E-state index in [1.165, 1.54) is 12.8 Å². The van der Waals surface area contributed by atoms with Gasteiger partial charge in [0, 0.05) is 56.1 Å². The molecule has 1 fully saturated rings. The highest BCUT2D eigenvalue weighted by molar-refractivity contribution is 6.34. The summed E-state index contributed by atoms with van der Waals surface area (Å²) in [6.45, 7) is 4.89. The predicted molar refractivity (Wildman–Crippen MR) is 147 cm³/mol. The monoisotopic (exact) mass is 516 g/mol. The lowest BCUT2D eigenvalue weighted by Gasteiger charge is -2.23. The molecular weight excluding hydrogens is 480 g/mol. The van der Waals surface area contributed by atoms with Crippen molar-refractivity contribution in [1.29, 1.82) is 0 Å². The van der Waals surface area contributed by atoms with Crippen molar-refractivity contribution >= 4 is 34.3 Å². The largest absolute Gasteiger partial charge is 0.497 e. The highest BCUT2D eigenvalue weighted by Gasteiger charge is 2.18. The van der Waals surface area contributed by atoms with Gasteiger partial charge in [-0.3, -0.25) is 0 Å². The second-order valence-electron chi connectivity index (χ2n) is 8.65. The summed E-state index contributed by atoms with van der Waals surface area (Å²) in [7, 11) is 9.11. The van der Waals surface area contributed by atoms with Gasteiger partial charge in [0.05, 0.1) is 24.9 Å². The molecule has 0 bridgehead atoms. The van der Waals surface area contributed by atoms with Gasteiger partial charge in [0.15, 0.2) is 5.82 Å². The maximum absolute atomic E-state index is 6.63. The maximum Gasteiger partial charge on any atom is 0.223 e. The van der Waals surface area contributed by atoms with Gasteiger partial charge in [-0.05, 0) is 45.5 Å². The fraction of sp³-hybridized carbons (Fsp3) is 0.500. The minimum absolute atomic E-state index is 0.353. The quantitative estimate of drug-likeness (QED) is 0.409. The summed E-state index contributed by atoms with van der Waals surface area (Å²) in [5.74, 6) is 2.36. The molecule has 0 saturated carbocycles. The zero-order chi connectivity index (χ0) is 26.1. The highest BCUT2D eigenvalue weighted by Crippen LogP contribution is 2.39. The number of hydrogen-bond donors (Lipinski definition) is 2. The number of nitrogens with zero attached hydrogens (tertiary/aromatic N) is 4. The van der Waals surface area contributed by atoms with Crippen molar-refractivity contribution in [2.24, 2.45) is 0 Å². The SMILES string of the molecule is C1CCOC1.CCC(CNc1nc(-c2cc(OC)cc(OC)c2Cl)cc2cnc(NC)nc12)N(C)C. The molecule has 4 rings (SSSR count). The Hall–Kier alpha value is -2.88. The van der Waals surface area contributed by atoms with Crippen LogP contribution in [0.2, 0.25) is 5.02 Å². The van der Waals surface area contributed by atoms with Gasteiger partial charge >= 0.3 is 0 Å². The molecule has 0 radical (unpaired) electrons. The Morgan fingerprint density at radius 2 is 1.86 bits per heavy atom. The Morgan fingerprint density at radius 3 is 2.42 bits per heavy atom. The standard InChI is InChI=1S/C22H29ClN6O2.C4H8O/c1-7-14(29(3)4)12-25-21-20-13(11-26-22(24-2)28-20)8-17(27-21)16-9-15(30-5)10-18(31-6)19(16)23;1-2-4-5-3-1/h8-11,14H,7,12H2,1-6H3,(H,25,27)(H,24,26,28);1-4H2. The van der Waals surface area contributed by atoms with Gasteiger partial charge in [0.1, 0.15) is 17.0 Å². The second-order valence-corrected chi connectivity index (χ2v) is 9.03. The summed E-state index contributed by atoms with van der Waals surface area (Å²) < 4.78 is 15.8. The van der Waals surface area contributed by atoms with E-state index in [0.29, 0.717) is 45.6 Å². The molecule has 1 saturated heterocycles. The first-order valence-electron chi connectivity index (χ1n) is 12.2. The zero-order valence-electron chi connectivity index (χ0n) is 22.0. The van der Waals surface area contributed by atoms with Crippen molar-refractivity contribution in [1.82, 2.24) is 19.9 Å². The van der Waals surface area contributed by atoms with E-state index in [2.05, 4.69) is 46.5 Å². The van der Waals surface area contributed by atoms with Crippen LogP contribution in [0.25, 0.3) is 22.2 Å². The smallest absolute Gasteiger partial charge is 0.223 e. The fourth-order valence-corrected chi connectivity index (χ4v) is 4.15. The molecule has 0 spiro atoms. The molecular formula is C26H37ClN6O3. The van der Waals surface area contributed by atoms with Gasteiger partial charge in [-0.1, -0.05) is 18.5 Å². The van der Waals surface area contributed by atoms with Crippen molar-refractivity contribution in [3.05, 3.63) is 29.4 Å². The number of rotatable bonds is 9. The van der Waals surface area contributed by atoms with Gasteiger partial charge in [-0.15, -0.1) is 0 Å². The number of nitrogens with one attached hydrogen (secondary N) is 2. The van der Waals surface area contributed by atoms with Crippen molar-refractivity contribution in [3.8, 4) is 22.8 Å². The summed E-state index contributed by atoms with van der Waals surface area (Å²) in [5.41, 5.74) is 2.12. The highest BCUT2D eigenvalue weighted by atomic mass is 35.5. The Kier molecular flexibility index (Phi) is 10.3. The number of hydrogen-bond acceptors (Lipinski definition) is 9. The first-order valence-corrected chi connectivity index (χ1v) is 12.5. The molecule has 1 aliphatic rings. The number of methoxy groups -OCH3 is 2. The molecule has 36 heavy (non-hydrogen) atoms. The average Bonchev–Trinajstić information content (AvgIpc) is 3.49. The van der Waals surface area contributed by atoms with Crippen molar-refractivity contribution in [2.45, 2.75) is 32.2 Å². The van der Waals surface area contributed by atoms with E-state index < -0.39 is 0 Å². The zero-order valence-corrected chi connectivity index (χ0v) is 22.8. The number of ether oxygens (including phenoxy) is 3. The Morgan fingerprint density at radius 1 is 1.11 bits per heavy atom. The molecule has 196 valence electrons. The van der Waals surface area contributed by atoms with Gasteiger partial charge in [0.2, 0.25) is 5.95 Å². The Labute approximate surface area is 218 Å². The topological polar surface area (TPSA) is 93.7 Å². The maximum atomic E-state index is 6.63. The van der Waals surface area contributed by atoms with Crippen LogP contribution in [0, 0.1) is 0 Å². The molecule has 3 aromatic rings. The number of aromatic nitrogens is 3. The van der Waals surface area contributed by atoms with E-state index in [4.69, 9.17) is 30.8 Å². The molecule has 1 aliphatic heterocycles. The molecule has 2 aromatic heterocycles. The third-order valence-corrected chi connectivity index (χ3v) is 6.46. The molecule has 9 nitrogen and oxygen atoms in total. The third-order valence-electron chi connectivity index (χ3n) is 6.07. The van der Waals surface area contributed by atoms with E-state index in [9.17, 15) is 0 Å². The molecule has 3 heterocycles. The fourth-order valence-electron chi connectivity index (χ4n) is 3.86. The van der Waals surface area contributed by atoms with Crippen LogP contribution in [0.15, 0.2) is 24.4 Å². The molecule has 2 N–H and O–H groups in total. The number of likely N-dealkylation sites (N-methyl/N-ethyl adjacent to an activating group) is 1. The third kappa shape index (κ3) is 6.87. The molecule has 1 atom stereocenters. The molecule has 1 unspecified atom stereocenters. The van der Waals surface area contributed by atoms with Gasteiger partial charge in [0.25, 0.3) is 0 Å². The van der Waals surface area contributed by atoms with Crippen molar-refractivity contribution in [2.75, 3.05) is 65.8 Å². The Balaban J connectivity index is 0.000000642. The summed E-state index contributed by atoms with van der Waals surface area (Å²) >= 11 is 6.63.